The van der Waals surface area contributed by atoms with Gasteiger partial charge in [0.2, 0.25) is 0 Å². The molecular formula is C25H29N3O2. The van der Waals surface area contributed by atoms with Gasteiger partial charge in [-0.15, -0.1) is 0 Å². The summed E-state index contributed by atoms with van der Waals surface area (Å²) in [6.45, 7) is 7.53. The van der Waals surface area contributed by atoms with Gasteiger partial charge in [-0.1, -0.05) is 42.5 Å². The highest BCUT2D eigenvalue weighted by Crippen LogP contribution is 2.24. The summed E-state index contributed by atoms with van der Waals surface area (Å²) in [4.78, 5) is 15.1. The van der Waals surface area contributed by atoms with Gasteiger partial charge in [0, 0.05) is 37.4 Å². The van der Waals surface area contributed by atoms with Crippen molar-refractivity contribution < 1.29 is 9.53 Å². The van der Waals surface area contributed by atoms with Crippen molar-refractivity contribution in [2.75, 3.05) is 44.7 Å². The number of nitrogens with one attached hydrogen (secondary N) is 2. The zero-order chi connectivity index (χ0) is 20.8. The van der Waals surface area contributed by atoms with Crippen LogP contribution in [0.4, 0.5) is 5.69 Å². The van der Waals surface area contributed by atoms with Crippen LogP contribution in [0.25, 0.3) is 10.8 Å². The number of benzene rings is 3. The summed E-state index contributed by atoms with van der Waals surface area (Å²) in [6, 6.07) is 22.1. The maximum atomic E-state index is 12.7. The van der Waals surface area contributed by atoms with Gasteiger partial charge in [0.25, 0.3) is 5.91 Å². The first-order chi connectivity index (χ1) is 14.7. The largest absolute Gasteiger partial charge is 0.384 e. The Kier molecular flexibility index (Phi) is 6.62. The van der Waals surface area contributed by atoms with Crippen molar-refractivity contribution in [3.05, 3.63) is 77.9 Å². The van der Waals surface area contributed by atoms with Gasteiger partial charge in [-0.3, -0.25) is 9.69 Å². The third kappa shape index (κ3) is 4.99. The third-order valence-electron chi connectivity index (χ3n) is 5.65. The minimum atomic E-state index is -0.0741. The summed E-state index contributed by atoms with van der Waals surface area (Å²) in [5, 5.41) is 8.92. The Balaban J connectivity index is 1.33. The maximum Gasteiger partial charge on any atom is 0.251 e. The number of fused-ring (bicyclic) bond motifs is 1. The molecule has 0 aromatic heterocycles. The van der Waals surface area contributed by atoms with Gasteiger partial charge in [-0.2, -0.15) is 0 Å². The van der Waals surface area contributed by atoms with Gasteiger partial charge in [0.05, 0.1) is 19.3 Å². The number of amides is 1. The van der Waals surface area contributed by atoms with E-state index in [4.69, 9.17) is 4.74 Å². The van der Waals surface area contributed by atoms with Gasteiger partial charge in [-0.05, 0) is 47.5 Å². The topological polar surface area (TPSA) is 53.6 Å². The van der Waals surface area contributed by atoms with E-state index < -0.39 is 0 Å². The zero-order valence-corrected chi connectivity index (χ0v) is 17.4. The minimum absolute atomic E-state index is 0.0599. The molecule has 0 aliphatic carbocycles. The van der Waals surface area contributed by atoms with Crippen molar-refractivity contribution in [1.82, 2.24) is 10.2 Å². The standard InChI is InChI=1S/C25H29N3O2/c1-19(23-8-4-6-20-5-2-3-7-24(20)23)27-25(29)21-9-11-22(12-10-21)26-13-14-28-15-17-30-18-16-28/h2-12,19,26H,13-18H2,1H3,(H,27,29). The molecule has 1 heterocycles. The summed E-state index contributed by atoms with van der Waals surface area (Å²) in [5.74, 6) is -0.0599. The molecule has 1 fully saturated rings. The van der Waals surface area contributed by atoms with Crippen LogP contribution in [0.3, 0.4) is 0 Å². The number of morpholine rings is 1. The van der Waals surface area contributed by atoms with E-state index in [1.54, 1.807) is 0 Å². The highest BCUT2D eigenvalue weighted by molar-refractivity contribution is 5.95. The molecule has 1 saturated heterocycles. The van der Waals surface area contributed by atoms with Gasteiger partial charge in [0.1, 0.15) is 0 Å². The van der Waals surface area contributed by atoms with Crippen LogP contribution >= 0.6 is 0 Å². The minimum Gasteiger partial charge on any atom is -0.384 e. The lowest BCUT2D eigenvalue weighted by molar-refractivity contribution is 0.0398. The molecular weight excluding hydrogens is 374 g/mol. The second-order valence-corrected chi connectivity index (χ2v) is 7.72. The number of rotatable bonds is 7. The van der Waals surface area contributed by atoms with Crippen LogP contribution in [-0.4, -0.2) is 50.2 Å². The van der Waals surface area contributed by atoms with Crippen LogP contribution in [0.15, 0.2) is 66.7 Å². The van der Waals surface area contributed by atoms with E-state index in [0.29, 0.717) is 5.56 Å². The van der Waals surface area contributed by atoms with Crippen LogP contribution in [0.5, 0.6) is 0 Å². The fourth-order valence-corrected chi connectivity index (χ4v) is 3.91. The van der Waals surface area contributed by atoms with E-state index >= 15 is 0 Å². The molecule has 0 bridgehead atoms. The molecule has 30 heavy (non-hydrogen) atoms. The smallest absolute Gasteiger partial charge is 0.251 e. The van der Waals surface area contributed by atoms with Crippen molar-refractivity contribution in [2.24, 2.45) is 0 Å². The molecule has 1 aliphatic heterocycles. The van der Waals surface area contributed by atoms with Crippen molar-refractivity contribution >= 4 is 22.4 Å². The average molecular weight is 404 g/mol. The molecule has 5 nitrogen and oxygen atoms in total. The Morgan fingerprint density at radius 3 is 2.53 bits per heavy atom. The first kappa shape index (κ1) is 20.4. The van der Waals surface area contributed by atoms with Crippen LogP contribution in [0, 0.1) is 0 Å². The van der Waals surface area contributed by atoms with Crippen molar-refractivity contribution in [2.45, 2.75) is 13.0 Å². The first-order valence-corrected chi connectivity index (χ1v) is 10.6. The Labute approximate surface area is 178 Å². The molecule has 156 valence electrons. The Bertz CT molecular complexity index is 976. The first-order valence-electron chi connectivity index (χ1n) is 10.6. The van der Waals surface area contributed by atoms with Crippen LogP contribution < -0.4 is 10.6 Å². The highest BCUT2D eigenvalue weighted by atomic mass is 16.5. The second kappa shape index (κ2) is 9.74. The van der Waals surface area contributed by atoms with Crippen molar-refractivity contribution in [3.8, 4) is 0 Å². The summed E-state index contributed by atoms with van der Waals surface area (Å²) >= 11 is 0. The number of nitrogens with zero attached hydrogens (tertiary/aromatic N) is 1. The molecule has 0 saturated carbocycles. The summed E-state index contributed by atoms with van der Waals surface area (Å²) < 4.78 is 5.38. The van der Waals surface area contributed by atoms with E-state index in [1.807, 2.05) is 49.4 Å². The fourth-order valence-electron chi connectivity index (χ4n) is 3.91. The molecule has 1 aliphatic rings. The lowest BCUT2D eigenvalue weighted by Gasteiger charge is -2.26. The fraction of sp³-hybridized carbons (Fsp3) is 0.320. The van der Waals surface area contributed by atoms with Gasteiger partial charge in [0.15, 0.2) is 0 Å². The molecule has 0 radical (unpaired) electrons. The van der Waals surface area contributed by atoms with Crippen LogP contribution in [0.1, 0.15) is 28.9 Å². The number of hydrogen-bond donors (Lipinski definition) is 2. The number of hydrogen-bond acceptors (Lipinski definition) is 4. The molecule has 1 atom stereocenters. The van der Waals surface area contributed by atoms with Gasteiger partial charge < -0.3 is 15.4 Å². The highest BCUT2D eigenvalue weighted by Gasteiger charge is 2.14. The lowest BCUT2D eigenvalue weighted by Crippen LogP contribution is -2.39. The molecule has 1 amide bonds. The van der Waals surface area contributed by atoms with Gasteiger partial charge >= 0.3 is 0 Å². The summed E-state index contributed by atoms with van der Waals surface area (Å²) in [7, 11) is 0. The molecule has 2 N–H and O–H groups in total. The van der Waals surface area contributed by atoms with Crippen molar-refractivity contribution in [1.29, 1.82) is 0 Å². The number of anilines is 1. The van der Waals surface area contributed by atoms with Crippen LogP contribution in [-0.2, 0) is 4.74 Å². The average Bonchev–Trinajstić information content (AvgIpc) is 2.80. The van der Waals surface area contributed by atoms with E-state index in [1.165, 1.54) is 10.8 Å². The van der Waals surface area contributed by atoms with E-state index in [9.17, 15) is 4.79 Å². The summed E-state index contributed by atoms with van der Waals surface area (Å²) in [5.41, 5.74) is 2.82. The molecule has 1 unspecified atom stereocenters. The van der Waals surface area contributed by atoms with E-state index in [2.05, 4.69) is 39.8 Å². The SMILES string of the molecule is CC(NC(=O)c1ccc(NCCN2CCOCC2)cc1)c1cccc2ccccc12. The van der Waals surface area contributed by atoms with Crippen LogP contribution in [0.2, 0.25) is 0 Å². The maximum absolute atomic E-state index is 12.7. The number of carbonyl (C=O) groups is 1. The number of ether oxygens (including phenoxy) is 1. The summed E-state index contributed by atoms with van der Waals surface area (Å²) in [6.07, 6.45) is 0. The van der Waals surface area contributed by atoms with Gasteiger partial charge in [-0.25, -0.2) is 0 Å². The Morgan fingerprint density at radius 2 is 1.73 bits per heavy atom. The molecule has 5 heteroatoms. The Hall–Kier alpha value is -2.89. The second-order valence-electron chi connectivity index (χ2n) is 7.72. The Morgan fingerprint density at radius 1 is 1.00 bits per heavy atom. The molecule has 0 spiro atoms. The van der Waals surface area contributed by atoms with E-state index in [-0.39, 0.29) is 11.9 Å². The quantitative estimate of drug-likeness (QED) is 0.624. The third-order valence-corrected chi connectivity index (χ3v) is 5.65. The molecule has 3 aromatic carbocycles. The normalized spacial score (nSPS) is 15.6. The predicted molar refractivity (Wildman–Crippen MR) is 122 cm³/mol. The lowest BCUT2D eigenvalue weighted by atomic mass is 9.99. The molecule has 3 aromatic rings. The number of carbonyl (C=O) groups excluding carboxylic acids is 1. The van der Waals surface area contributed by atoms with Crippen molar-refractivity contribution in [3.63, 3.8) is 0 Å². The van der Waals surface area contributed by atoms with E-state index in [0.717, 1.165) is 50.6 Å². The zero-order valence-electron chi connectivity index (χ0n) is 17.4. The molecule has 4 rings (SSSR count). The predicted octanol–water partition coefficient (Wildman–Crippen LogP) is 4.07. The monoisotopic (exact) mass is 403 g/mol.